The van der Waals surface area contributed by atoms with E-state index in [0.717, 1.165) is 5.56 Å². The minimum Gasteiger partial charge on any atom is -0.487 e. The second kappa shape index (κ2) is 5.97. The molecule has 0 saturated carbocycles. The largest absolute Gasteiger partial charge is 0.487 e. The van der Waals surface area contributed by atoms with Crippen LogP contribution >= 0.6 is 12.4 Å². The van der Waals surface area contributed by atoms with Crippen molar-refractivity contribution in [3.63, 3.8) is 0 Å². The first-order valence-electron chi connectivity index (χ1n) is 4.96. The van der Waals surface area contributed by atoms with Gasteiger partial charge in [0.05, 0.1) is 4.92 Å². The second-order valence-electron chi connectivity index (χ2n) is 3.50. The van der Waals surface area contributed by atoms with Crippen molar-refractivity contribution >= 4 is 18.1 Å². The summed E-state index contributed by atoms with van der Waals surface area (Å²) < 4.78 is 6.11. The molecule has 2 aromatic rings. The van der Waals surface area contributed by atoms with Crippen molar-refractivity contribution in [2.24, 2.45) is 0 Å². The Balaban J connectivity index is 0.00000162. The van der Waals surface area contributed by atoms with Gasteiger partial charge < -0.3 is 4.52 Å². The van der Waals surface area contributed by atoms with E-state index < -0.39 is 4.92 Å². The van der Waals surface area contributed by atoms with Gasteiger partial charge >= 0.3 is 0 Å². The fraction of sp³-hybridized carbons (Fsp3) is 0.200. The summed E-state index contributed by atoms with van der Waals surface area (Å²) in [5.74, 6) is 0. The van der Waals surface area contributed by atoms with Gasteiger partial charge in [-0.1, -0.05) is 12.1 Å². The van der Waals surface area contributed by atoms with E-state index in [9.17, 15) is 10.1 Å². The second-order valence-corrected chi connectivity index (χ2v) is 3.50. The van der Waals surface area contributed by atoms with Crippen molar-refractivity contribution in [1.29, 1.82) is 5.41 Å². The molecule has 0 atom stereocenters. The van der Waals surface area contributed by atoms with Crippen molar-refractivity contribution < 1.29 is 14.1 Å². The Hall–Kier alpha value is -2.15. The molecule has 0 aliphatic heterocycles. The van der Waals surface area contributed by atoms with Crippen LogP contribution in [0.2, 0.25) is 0 Å². The highest BCUT2D eigenvalue weighted by Gasteiger charge is 2.04. The van der Waals surface area contributed by atoms with Crippen LogP contribution in [0, 0.1) is 15.5 Å². The highest BCUT2D eigenvalue weighted by atomic mass is 35.5. The van der Waals surface area contributed by atoms with Gasteiger partial charge in [0.25, 0.3) is 11.2 Å². The van der Waals surface area contributed by atoms with Gasteiger partial charge in [0.1, 0.15) is 6.54 Å². The lowest BCUT2D eigenvalue weighted by Crippen LogP contribution is -2.38. The average Bonchev–Trinajstić information content (AvgIpc) is 2.73. The first-order valence-corrected chi connectivity index (χ1v) is 4.96. The molecule has 0 saturated heterocycles. The highest BCUT2D eigenvalue weighted by molar-refractivity contribution is 5.85. The lowest BCUT2D eigenvalue weighted by molar-refractivity contribution is -0.767. The summed E-state index contributed by atoms with van der Waals surface area (Å²) >= 11 is 0. The summed E-state index contributed by atoms with van der Waals surface area (Å²) in [6.07, 6.45) is 2.15. The van der Waals surface area contributed by atoms with Gasteiger partial charge in [-0.15, -0.1) is 12.4 Å². The Kier molecular flexibility index (Phi) is 4.61. The van der Waals surface area contributed by atoms with Crippen LogP contribution < -0.4 is 15.5 Å². The third kappa shape index (κ3) is 3.42. The van der Waals surface area contributed by atoms with E-state index in [4.69, 9.17) is 5.41 Å². The monoisotopic (exact) mass is 270 g/mol. The predicted octanol–water partition coefficient (Wildman–Crippen LogP) is 0.576. The van der Waals surface area contributed by atoms with Crippen LogP contribution in [0.5, 0.6) is 0 Å². The quantitative estimate of drug-likeness (QED) is 0.499. The third-order valence-corrected chi connectivity index (χ3v) is 2.29. The summed E-state index contributed by atoms with van der Waals surface area (Å²) in [4.78, 5) is 10.0. The maximum absolute atomic E-state index is 10.5. The van der Waals surface area contributed by atoms with E-state index >= 15 is 0 Å². The molecular formula is C10H11ClN4O3. The van der Waals surface area contributed by atoms with E-state index in [2.05, 4.69) is 9.79 Å². The summed E-state index contributed by atoms with van der Waals surface area (Å²) in [6, 6.07) is 6.36. The maximum atomic E-state index is 10.5. The number of nitrogens with one attached hydrogen (secondary N) is 1. The maximum Gasteiger partial charge on any atom is 0.269 e. The Morgan fingerprint density at radius 1 is 1.39 bits per heavy atom. The number of rotatable bonds is 4. The van der Waals surface area contributed by atoms with Gasteiger partial charge in [-0.05, 0) is 5.56 Å². The minimum absolute atomic E-state index is 0. The molecule has 0 aliphatic rings. The molecule has 0 unspecified atom stereocenters. The van der Waals surface area contributed by atoms with Crippen LogP contribution in [0.25, 0.3) is 0 Å². The molecule has 1 heterocycles. The number of non-ortho nitro benzene ring substituents is 1. The number of hydrogen-bond acceptors (Lipinski definition) is 4. The summed E-state index contributed by atoms with van der Waals surface area (Å²) in [5, 5.41) is 21.2. The van der Waals surface area contributed by atoms with E-state index in [1.54, 1.807) is 12.1 Å². The standard InChI is InChI=1S/C10H10N4O3.ClH/c11-10-7-13(12-17-10)6-5-8-1-3-9(4-2-8)14(15)16;/h1-4,7,11H,5-6H2;1H. The van der Waals surface area contributed by atoms with E-state index in [-0.39, 0.29) is 23.6 Å². The number of nitro groups is 1. The van der Waals surface area contributed by atoms with E-state index in [1.807, 2.05) is 0 Å². The smallest absolute Gasteiger partial charge is 0.269 e. The zero-order valence-corrected chi connectivity index (χ0v) is 10.1. The zero-order chi connectivity index (χ0) is 12.3. The molecule has 0 aliphatic carbocycles. The van der Waals surface area contributed by atoms with Crippen LogP contribution in [0.1, 0.15) is 5.56 Å². The summed E-state index contributed by atoms with van der Waals surface area (Å²) in [5.41, 5.74) is 1.06. The van der Waals surface area contributed by atoms with Gasteiger partial charge in [-0.2, -0.15) is 0 Å². The Bertz CT molecular complexity index is 575. The highest BCUT2D eigenvalue weighted by Crippen LogP contribution is 2.11. The molecule has 18 heavy (non-hydrogen) atoms. The number of nitro benzene ring substituents is 1. The molecule has 1 aromatic carbocycles. The first kappa shape index (κ1) is 13.9. The lowest BCUT2D eigenvalue weighted by atomic mass is 10.1. The van der Waals surface area contributed by atoms with Crippen molar-refractivity contribution in [2.45, 2.75) is 13.0 Å². The van der Waals surface area contributed by atoms with Crippen LogP contribution in [0.4, 0.5) is 5.69 Å². The SMILES string of the molecule is Cl.N=c1c[n+](CCc2ccc([N+](=O)[O-])cc2)[n-]o1. The number of aryl methyl sites for hydroxylation is 2. The lowest BCUT2D eigenvalue weighted by Gasteiger charge is -1.99. The van der Waals surface area contributed by atoms with Crippen molar-refractivity contribution in [1.82, 2.24) is 5.27 Å². The number of halogens is 1. The van der Waals surface area contributed by atoms with Crippen LogP contribution in [0.15, 0.2) is 35.0 Å². The van der Waals surface area contributed by atoms with E-state index in [0.29, 0.717) is 13.0 Å². The fourth-order valence-electron chi connectivity index (χ4n) is 1.41. The predicted molar refractivity (Wildman–Crippen MR) is 62.1 cm³/mol. The number of benzene rings is 1. The molecule has 0 radical (unpaired) electrons. The van der Waals surface area contributed by atoms with Gasteiger partial charge in [0.15, 0.2) is 0 Å². The Labute approximate surface area is 108 Å². The Morgan fingerprint density at radius 2 is 2.06 bits per heavy atom. The van der Waals surface area contributed by atoms with Crippen molar-refractivity contribution in [3.05, 3.63) is 51.7 Å². The average molecular weight is 271 g/mol. The molecule has 8 heteroatoms. The topological polar surface area (TPSA) is 98.1 Å². The van der Waals surface area contributed by atoms with Crippen molar-refractivity contribution in [2.75, 3.05) is 0 Å². The summed E-state index contributed by atoms with van der Waals surface area (Å²) in [6.45, 7) is 0.570. The summed E-state index contributed by atoms with van der Waals surface area (Å²) in [7, 11) is 0. The Morgan fingerprint density at radius 3 is 2.56 bits per heavy atom. The number of nitrogens with zero attached hydrogens (tertiary/aromatic N) is 3. The fourth-order valence-corrected chi connectivity index (χ4v) is 1.41. The molecule has 0 spiro atoms. The van der Waals surface area contributed by atoms with E-state index in [1.165, 1.54) is 23.0 Å². The molecule has 96 valence electrons. The van der Waals surface area contributed by atoms with Gasteiger partial charge in [0.2, 0.25) is 6.20 Å². The van der Waals surface area contributed by atoms with Crippen LogP contribution in [0.3, 0.4) is 0 Å². The molecule has 0 bridgehead atoms. The minimum atomic E-state index is -0.428. The molecule has 1 aromatic heterocycles. The van der Waals surface area contributed by atoms with Crippen LogP contribution in [-0.2, 0) is 13.0 Å². The van der Waals surface area contributed by atoms with Gasteiger partial charge in [-0.25, -0.2) is 4.68 Å². The first-order chi connectivity index (χ1) is 8.15. The molecule has 2 rings (SSSR count). The third-order valence-electron chi connectivity index (χ3n) is 2.29. The van der Waals surface area contributed by atoms with Crippen LogP contribution in [-0.4, -0.2) is 4.92 Å². The molecular weight excluding hydrogens is 260 g/mol. The number of hydrogen-bond donors (Lipinski definition) is 1. The molecule has 0 amide bonds. The number of aromatic nitrogens is 2. The zero-order valence-electron chi connectivity index (χ0n) is 9.28. The molecule has 0 fully saturated rings. The van der Waals surface area contributed by atoms with Crippen molar-refractivity contribution in [3.8, 4) is 0 Å². The molecule has 1 N–H and O–H groups in total. The van der Waals surface area contributed by atoms with Gasteiger partial charge in [0, 0.05) is 18.6 Å². The molecule has 7 nitrogen and oxygen atoms in total. The normalized spacial score (nSPS) is 9.78. The van der Waals surface area contributed by atoms with Gasteiger partial charge in [-0.3, -0.25) is 20.8 Å².